The Balaban J connectivity index is 2.55. The fourth-order valence-electron chi connectivity index (χ4n) is 1.52. The van der Waals surface area contributed by atoms with Crippen LogP contribution in [0, 0.1) is 13.8 Å². The lowest BCUT2D eigenvalue weighted by Gasteiger charge is -2.08. The van der Waals surface area contributed by atoms with Crippen LogP contribution in [0.4, 0.5) is 0 Å². The molecule has 0 heterocycles. The molecule has 0 aliphatic rings. The van der Waals surface area contributed by atoms with Crippen LogP contribution in [0.5, 0.6) is 0 Å². The van der Waals surface area contributed by atoms with Gasteiger partial charge in [-0.05, 0) is 32.0 Å². The van der Waals surface area contributed by atoms with Crippen molar-refractivity contribution in [2.75, 3.05) is 19.6 Å². The molecule has 0 spiro atoms. The van der Waals surface area contributed by atoms with Crippen LogP contribution in [-0.2, 0) is 0 Å². The summed E-state index contributed by atoms with van der Waals surface area (Å²) in [5.74, 6) is 0.0131. The number of benzene rings is 1. The number of carbonyl (C=O) groups excluding carboxylic acids is 1. The van der Waals surface area contributed by atoms with Crippen molar-refractivity contribution in [3.8, 4) is 0 Å². The summed E-state index contributed by atoms with van der Waals surface area (Å²) in [6.45, 7) is 8.41. The van der Waals surface area contributed by atoms with Gasteiger partial charge >= 0.3 is 0 Å². The van der Waals surface area contributed by atoms with E-state index in [1.807, 2.05) is 39.0 Å². The van der Waals surface area contributed by atoms with Gasteiger partial charge in [-0.3, -0.25) is 4.79 Å². The maximum Gasteiger partial charge on any atom is 0.251 e. The molecule has 0 bridgehead atoms. The van der Waals surface area contributed by atoms with Crippen molar-refractivity contribution in [3.05, 3.63) is 34.9 Å². The average molecular weight is 220 g/mol. The lowest BCUT2D eigenvalue weighted by atomic mass is 10.1. The molecule has 1 aromatic carbocycles. The SMILES string of the molecule is CCNCCNC(=O)c1cc(C)ccc1C. The molecule has 0 radical (unpaired) electrons. The first-order valence-electron chi connectivity index (χ1n) is 5.71. The zero-order valence-corrected chi connectivity index (χ0v) is 10.3. The highest BCUT2D eigenvalue weighted by Gasteiger charge is 2.07. The summed E-state index contributed by atoms with van der Waals surface area (Å²) in [7, 11) is 0. The highest BCUT2D eigenvalue weighted by Crippen LogP contribution is 2.10. The zero-order valence-electron chi connectivity index (χ0n) is 10.3. The molecule has 0 aromatic heterocycles. The van der Waals surface area contributed by atoms with Crippen LogP contribution in [0.25, 0.3) is 0 Å². The van der Waals surface area contributed by atoms with E-state index in [1.54, 1.807) is 0 Å². The molecule has 0 fully saturated rings. The predicted molar refractivity (Wildman–Crippen MR) is 66.8 cm³/mol. The minimum Gasteiger partial charge on any atom is -0.351 e. The topological polar surface area (TPSA) is 41.1 Å². The molecule has 0 aliphatic carbocycles. The number of amides is 1. The van der Waals surface area contributed by atoms with E-state index in [0.717, 1.165) is 29.8 Å². The monoisotopic (exact) mass is 220 g/mol. The first kappa shape index (κ1) is 12.7. The van der Waals surface area contributed by atoms with Gasteiger partial charge in [0.2, 0.25) is 0 Å². The van der Waals surface area contributed by atoms with E-state index < -0.39 is 0 Å². The minimum atomic E-state index is 0.0131. The Morgan fingerprint density at radius 1 is 1.25 bits per heavy atom. The van der Waals surface area contributed by atoms with Crippen molar-refractivity contribution in [2.24, 2.45) is 0 Å². The lowest BCUT2D eigenvalue weighted by molar-refractivity contribution is 0.0953. The summed E-state index contributed by atoms with van der Waals surface area (Å²) >= 11 is 0. The normalized spacial score (nSPS) is 10.2. The molecule has 3 nitrogen and oxygen atoms in total. The molecule has 0 unspecified atom stereocenters. The highest BCUT2D eigenvalue weighted by molar-refractivity contribution is 5.95. The maximum absolute atomic E-state index is 11.8. The van der Waals surface area contributed by atoms with Crippen molar-refractivity contribution < 1.29 is 4.79 Å². The Hall–Kier alpha value is -1.35. The standard InChI is InChI=1S/C13H20N2O/c1-4-14-7-8-15-13(16)12-9-10(2)5-6-11(12)3/h5-6,9,14H,4,7-8H2,1-3H3,(H,15,16). The number of carbonyl (C=O) groups is 1. The molecule has 16 heavy (non-hydrogen) atoms. The number of hydrogen-bond donors (Lipinski definition) is 2. The van der Waals surface area contributed by atoms with Crippen molar-refractivity contribution in [3.63, 3.8) is 0 Å². The summed E-state index contributed by atoms with van der Waals surface area (Å²) in [4.78, 5) is 11.8. The third-order valence-electron chi connectivity index (χ3n) is 2.48. The molecule has 0 aliphatic heterocycles. The Bertz CT molecular complexity index is 361. The third kappa shape index (κ3) is 3.66. The Labute approximate surface area is 97.2 Å². The van der Waals surface area contributed by atoms with Gasteiger partial charge in [0.05, 0.1) is 0 Å². The fraction of sp³-hybridized carbons (Fsp3) is 0.462. The van der Waals surface area contributed by atoms with E-state index in [0.29, 0.717) is 6.54 Å². The molecule has 1 rings (SSSR count). The summed E-state index contributed by atoms with van der Waals surface area (Å²) in [6.07, 6.45) is 0. The second-order valence-corrected chi connectivity index (χ2v) is 3.93. The number of aryl methyl sites for hydroxylation is 2. The van der Waals surface area contributed by atoms with Gasteiger partial charge < -0.3 is 10.6 Å². The minimum absolute atomic E-state index is 0.0131. The Morgan fingerprint density at radius 2 is 2.00 bits per heavy atom. The zero-order chi connectivity index (χ0) is 12.0. The van der Waals surface area contributed by atoms with Crippen LogP contribution in [0.3, 0.4) is 0 Å². The van der Waals surface area contributed by atoms with Crippen LogP contribution < -0.4 is 10.6 Å². The van der Waals surface area contributed by atoms with Gasteiger partial charge in [-0.25, -0.2) is 0 Å². The molecular weight excluding hydrogens is 200 g/mol. The van der Waals surface area contributed by atoms with Gasteiger partial charge in [0.15, 0.2) is 0 Å². The summed E-state index contributed by atoms with van der Waals surface area (Å²) in [5, 5.41) is 6.07. The van der Waals surface area contributed by atoms with Gasteiger partial charge in [-0.1, -0.05) is 24.6 Å². The smallest absolute Gasteiger partial charge is 0.251 e. The van der Waals surface area contributed by atoms with E-state index in [-0.39, 0.29) is 5.91 Å². The van der Waals surface area contributed by atoms with Gasteiger partial charge in [0.25, 0.3) is 5.91 Å². The first-order valence-corrected chi connectivity index (χ1v) is 5.71. The maximum atomic E-state index is 11.8. The second kappa shape index (κ2) is 6.28. The average Bonchev–Trinajstić information content (AvgIpc) is 2.27. The van der Waals surface area contributed by atoms with Crippen molar-refractivity contribution in [1.29, 1.82) is 0 Å². The van der Waals surface area contributed by atoms with Crippen LogP contribution in [0.1, 0.15) is 28.4 Å². The van der Waals surface area contributed by atoms with Crippen molar-refractivity contribution in [2.45, 2.75) is 20.8 Å². The second-order valence-electron chi connectivity index (χ2n) is 3.93. The van der Waals surface area contributed by atoms with Crippen LogP contribution >= 0.6 is 0 Å². The van der Waals surface area contributed by atoms with Crippen LogP contribution in [-0.4, -0.2) is 25.5 Å². The van der Waals surface area contributed by atoms with Crippen molar-refractivity contribution >= 4 is 5.91 Å². The van der Waals surface area contributed by atoms with E-state index in [9.17, 15) is 4.79 Å². The molecule has 1 aromatic rings. The van der Waals surface area contributed by atoms with Crippen LogP contribution in [0.2, 0.25) is 0 Å². The van der Waals surface area contributed by atoms with E-state index >= 15 is 0 Å². The number of likely N-dealkylation sites (N-methyl/N-ethyl adjacent to an activating group) is 1. The molecule has 2 N–H and O–H groups in total. The molecule has 0 atom stereocenters. The third-order valence-corrected chi connectivity index (χ3v) is 2.48. The summed E-state index contributed by atoms with van der Waals surface area (Å²) < 4.78 is 0. The molecule has 0 saturated carbocycles. The number of rotatable bonds is 5. The van der Waals surface area contributed by atoms with Crippen LogP contribution in [0.15, 0.2) is 18.2 Å². The predicted octanol–water partition coefficient (Wildman–Crippen LogP) is 1.64. The Kier molecular flexibility index (Phi) is 4.99. The number of hydrogen-bond acceptors (Lipinski definition) is 2. The van der Waals surface area contributed by atoms with Gasteiger partial charge in [0, 0.05) is 18.7 Å². The van der Waals surface area contributed by atoms with Gasteiger partial charge in [0.1, 0.15) is 0 Å². The van der Waals surface area contributed by atoms with E-state index in [2.05, 4.69) is 10.6 Å². The molecule has 1 amide bonds. The largest absolute Gasteiger partial charge is 0.351 e. The van der Waals surface area contributed by atoms with E-state index in [4.69, 9.17) is 0 Å². The first-order chi connectivity index (χ1) is 7.65. The van der Waals surface area contributed by atoms with Gasteiger partial charge in [-0.15, -0.1) is 0 Å². The quantitative estimate of drug-likeness (QED) is 0.741. The lowest BCUT2D eigenvalue weighted by Crippen LogP contribution is -2.32. The van der Waals surface area contributed by atoms with E-state index in [1.165, 1.54) is 0 Å². The van der Waals surface area contributed by atoms with Crippen molar-refractivity contribution in [1.82, 2.24) is 10.6 Å². The summed E-state index contributed by atoms with van der Waals surface area (Å²) in [5.41, 5.74) is 2.91. The van der Waals surface area contributed by atoms with Gasteiger partial charge in [-0.2, -0.15) is 0 Å². The fourth-order valence-corrected chi connectivity index (χ4v) is 1.52. The highest BCUT2D eigenvalue weighted by atomic mass is 16.1. The number of nitrogens with one attached hydrogen (secondary N) is 2. The molecular formula is C13H20N2O. The Morgan fingerprint density at radius 3 is 2.69 bits per heavy atom. The molecule has 3 heteroatoms. The molecule has 0 saturated heterocycles. The molecule has 88 valence electrons. The summed E-state index contributed by atoms with van der Waals surface area (Å²) in [6, 6.07) is 5.93.